The van der Waals surface area contributed by atoms with Crippen molar-refractivity contribution in [3.05, 3.63) is 36.2 Å². The number of hydrogen-bond donors (Lipinski definition) is 1. The third-order valence-electron chi connectivity index (χ3n) is 4.16. The first-order valence-electron chi connectivity index (χ1n) is 7.04. The maximum Gasteiger partial charge on any atom is 0.0841 e. The Labute approximate surface area is 114 Å². The summed E-state index contributed by atoms with van der Waals surface area (Å²) in [5, 5.41) is 3.38. The smallest absolute Gasteiger partial charge is 0.0841 e. The first-order valence-corrected chi connectivity index (χ1v) is 7.04. The van der Waals surface area contributed by atoms with Gasteiger partial charge in [-0.3, -0.25) is 0 Å². The first-order chi connectivity index (χ1) is 8.44. The van der Waals surface area contributed by atoms with Gasteiger partial charge in [0, 0.05) is 17.8 Å². The average Bonchev–Trinajstić information content (AvgIpc) is 2.39. The van der Waals surface area contributed by atoms with Crippen molar-refractivity contribution in [2.45, 2.75) is 41.0 Å². The molecule has 2 nitrogen and oxygen atoms in total. The minimum atomic E-state index is 1.03. The SMILES string of the molecule is C=C/C(C)=C(\C)NC(=C)CC[N+](CC)(CC)CC. The minimum Gasteiger partial charge on any atom is -0.363 e. The van der Waals surface area contributed by atoms with Crippen molar-refractivity contribution in [1.82, 2.24) is 5.32 Å². The predicted molar refractivity (Wildman–Crippen MR) is 82.2 cm³/mol. The van der Waals surface area contributed by atoms with Gasteiger partial charge in [-0.1, -0.05) is 19.2 Å². The van der Waals surface area contributed by atoms with Crippen molar-refractivity contribution < 1.29 is 4.48 Å². The fourth-order valence-corrected chi connectivity index (χ4v) is 2.10. The standard InChI is InChI=1S/C16H31N2/c1-8-14(5)16(7)17-15(6)12-13-18(9-2,10-3)11-4/h8,17H,1,6,9-13H2,2-5,7H3/q+1/b16-14+. The lowest BCUT2D eigenvalue weighted by Crippen LogP contribution is -2.48. The van der Waals surface area contributed by atoms with Crippen molar-refractivity contribution in [2.75, 3.05) is 26.2 Å². The molecule has 2 heteroatoms. The van der Waals surface area contributed by atoms with Crippen LogP contribution in [-0.4, -0.2) is 30.7 Å². The van der Waals surface area contributed by atoms with Crippen molar-refractivity contribution >= 4 is 0 Å². The van der Waals surface area contributed by atoms with Crippen molar-refractivity contribution in [1.29, 1.82) is 0 Å². The molecule has 0 aliphatic heterocycles. The van der Waals surface area contributed by atoms with Gasteiger partial charge in [-0.05, 0) is 40.2 Å². The zero-order valence-corrected chi connectivity index (χ0v) is 13.0. The van der Waals surface area contributed by atoms with Crippen LogP contribution in [0.5, 0.6) is 0 Å². The highest BCUT2D eigenvalue weighted by Crippen LogP contribution is 2.11. The van der Waals surface area contributed by atoms with Gasteiger partial charge >= 0.3 is 0 Å². The maximum atomic E-state index is 4.13. The third kappa shape index (κ3) is 5.09. The van der Waals surface area contributed by atoms with Crippen molar-refractivity contribution in [3.63, 3.8) is 0 Å². The van der Waals surface area contributed by atoms with Gasteiger partial charge in [0.1, 0.15) is 0 Å². The van der Waals surface area contributed by atoms with Gasteiger partial charge in [0.15, 0.2) is 0 Å². The van der Waals surface area contributed by atoms with Crippen molar-refractivity contribution in [3.8, 4) is 0 Å². The molecule has 0 aromatic heterocycles. The van der Waals surface area contributed by atoms with Crippen LogP contribution < -0.4 is 5.32 Å². The molecule has 0 radical (unpaired) electrons. The second-order valence-electron chi connectivity index (χ2n) is 5.00. The summed E-state index contributed by atoms with van der Waals surface area (Å²) < 4.78 is 1.17. The summed E-state index contributed by atoms with van der Waals surface area (Å²) in [4.78, 5) is 0. The molecule has 0 unspecified atom stereocenters. The van der Waals surface area contributed by atoms with Crippen molar-refractivity contribution in [2.24, 2.45) is 0 Å². The molecule has 0 aromatic rings. The van der Waals surface area contributed by atoms with Gasteiger partial charge in [0.05, 0.1) is 26.2 Å². The molecular formula is C16H31N2+. The molecule has 0 aromatic carbocycles. The van der Waals surface area contributed by atoms with E-state index in [1.54, 1.807) is 0 Å². The minimum absolute atomic E-state index is 1.03. The van der Waals surface area contributed by atoms with Gasteiger partial charge in [-0.15, -0.1) is 0 Å². The van der Waals surface area contributed by atoms with E-state index in [2.05, 4.69) is 53.1 Å². The summed E-state index contributed by atoms with van der Waals surface area (Å²) in [5.74, 6) is 0. The highest BCUT2D eigenvalue weighted by Gasteiger charge is 2.20. The zero-order chi connectivity index (χ0) is 14.2. The summed E-state index contributed by atoms with van der Waals surface area (Å²) in [5.41, 5.74) is 3.43. The lowest BCUT2D eigenvalue weighted by atomic mass is 10.2. The first kappa shape index (κ1) is 17.0. The van der Waals surface area contributed by atoms with Crippen LogP contribution in [0.4, 0.5) is 0 Å². The second kappa shape index (κ2) is 8.15. The van der Waals surface area contributed by atoms with Gasteiger partial charge in [-0.2, -0.15) is 0 Å². The van der Waals surface area contributed by atoms with E-state index < -0.39 is 0 Å². The van der Waals surface area contributed by atoms with Gasteiger partial charge < -0.3 is 9.80 Å². The number of nitrogens with one attached hydrogen (secondary N) is 1. The topological polar surface area (TPSA) is 12.0 Å². The Balaban J connectivity index is 4.39. The largest absolute Gasteiger partial charge is 0.363 e. The normalized spacial score (nSPS) is 12.9. The van der Waals surface area contributed by atoms with E-state index in [9.17, 15) is 0 Å². The molecule has 18 heavy (non-hydrogen) atoms. The predicted octanol–water partition coefficient (Wildman–Crippen LogP) is 3.84. The second-order valence-corrected chi connectivity index (χ2v) is 5.00. The molecule has 0 aliphatic rings. The van der Waals surface area contributed by atoms with E-state index in [-0.39, 0.29) is 0 Å². The van der Waals surface area contributed by atoms with Gasteiger partial charge in [-0.25, -0.2) is 0 Å². The summed E-state index contributed by atoms with van der Waals surface area (Å²) in [6.45, 7) is 23.6. The van der Waals surface area contributed by atoms with Crippen LogP contribution >= 0.6 is 0 Å². The van der Waals surface area contributed by atoms with Gasteiger partial charge in [0.25, 0.3) is 0 Å². The van der Waals surface area contributed by atoms with E-state index in [4.69, 9.17) is 0 Å². The van der Waals surface area contributed by atoms with Crippen LogP contribution in [-0.2, 0) is 0 Å². The van der Waals surface area contributed by atoms with Crippen LogP contribution in [0.15, 0.2) is 36.2 Å². The number of quaternary nitrogens is 1. The molecule has 0 saturated carbocycles. The molecule has 0 fully saturated rings. The fraction of sp³-hybridized carbons (Fsp3) is 0.625. The Kier molecular flexibility index (Phi) is 7.69. The quantitative estimate of drug-likeness (QED) is 0.485. The summed E-state index contributed by atoms with van der Waals surface area (Å²) in [6.07, 6.45) is 2.90. The Morgan fingerprint density at radius 3 is 2.00 bits per heavy atom. The lowest BCUT2D eigenvalue weighted by Gasteiger charge is -2.36. The molecule has 0 spiro atoms. The van der Waals surface area contributed by atoms with E-state index in [0.29, 0.717) is 0 Å². The lowest BCUT2D eigenvalue weighted by molar-refractivity contribution is -0.923. The summed E-state index contributed by atoms with van der Waals surface area (Å²) in [6, 6.07) is 0. The molecule has 0 rings (SSSR count). The van der Waals surface area contributed by atoms with E-state index in [1.807, 2.05) is 6.08 Å². The molecule has 0 aliphatic carbocycles. The van der Waals surface area contributed by atoms with Crippen LogP contribution in [0.25, 0.3) is 0 Å². The van der Waals surface area contributed by atoms with E-state index in [0.717, 1.165) is 24.4 Å². The Bertz CT molecular complexity index is 301. The third-order valence-corrected chi connectivity index (χ3v) is 4.16. The van der Waals surface area contributed by atoms with Crippen LogP contribution in [0.1, 0.15) is 41.0 Å². The number of rotatable bonds is 9. The monoisotopic (exact) mass is 251 g/mol. The molecule has 0 bridgehead atoms. The maximum absolute atomic E-state index is 4.13. The Morgan fingerprint density at radius 1 is 1.11 bits per heavy atom. The molecule has 104 valence electrons. The number of allylic oxidation sites excluding steroid dienone is 3. The summed E-state index contributed by atoms with van der Waals surface area (Å²) >= 11 is 0. The highest BCUT2D eigenvalue weighted by molar-refractivity contribution is 5.21. The molecule has 0 atom stereocenters. The molecule has 0 saturated heterocycles. The van der Waals surface area contributed by atoms with E-state index >= 15 is 0 Å². The summed E-state index contributed by atoms with van der Waals surface area (Å²) in [7, 11) is 0. The van der Waals surface area contributed by atoms with Crippen LogP contribution in [0, 0.1) is 0 Å². The fourth-order valence-electron chi connectivity index (χ4n) is 2.10. The Hall–Kier alpha value is -1.02. The van der Waals surface area contributed by atoms with Crippen LogP contribution in [0.2, 0.25) is 0 Å². The number of hydrogen-bond acceptors (Lipinski definition) is 1. The Morgan fingerprint density at radius 2 is 1.61 bits per heavy atom. The molecule has 0 amide bonds. The zero-order valence-electron chi connectivity index (χ0n) is 13.0. The molecular weight excluding hydrogens is 220 g/mol. The highest BCUT2D eigenvalue weighted by atomic mass is 15.3. The van der Waals surface area contributed by atoms with Crippen LogP contribution in [0.3, 0.4) is 0 Å². The van der Waals surface area contributed by atoms with Gasteiger partial charge in [0.2, 0.25) is 0 Å². The molecule has 1 N–H and O–H groups in total. The molecule has 0 heterocycles. The number of nitrogens with zero attached hydrogens (tertiary/aromatic N) is 1. The van der Waals surface area contributed by atoms with E-state index in [1.165, 1.54) is 29.7 Å². The average molecular weight is 251 g/mol.